The van der Waals surface area contributed by atoms with Gasteiger partial charge in [-0.25, -0.2) is 9.78 Å². The fraction of sp³-hybridized carbons (Fsp3) is 0.200. The molecule has 0 fully saturated rings. The van der Waals surface area contributed by atoms with Gasteiger partial charge in [-0.3, -0.25) is 0 Å². The first-order valence-electron chi connectivity index (χ1n) is 6.65. The maximum Gasteiger partial charge on any atom is 0.323 e. The number of hydrogen-bond donors (Lipinski definition) is 3. The topological polar surface area (TPSA) is 73.6 Å². The molecule has 0 amide bonds. The summed E-state index contributed by atoms with van der Waals surface area (Å²) in [6, 6.07) is 9.63. The molecule has 0 saturated heterocycles. The number of hydrogen-bond acceptors (Lipinski definition) is 3. The van der Waals surface area contributed by atoms with Crippen LogP contribution in [0.3, 0.4) is 0 Å². The second-order valence-electron chi connectivity index (χ2n) is 4.94. The van der Waals surface area contributed by atoms with Gasteiger partial charge in [-0.1, -0.05) is 23.7 Å². The Labute approximate surface area is 126 Å². The number of aryl methyl sites for hydroxylation is 1. The lowest BCUT2D eigenvalue weighted by atomic mass is 10.2. The van der Waals surface area contributed by atoms with E-state index in [-0.39, 0.29) is 5.69 Å². The number of nitrogens with zero attached hydrogens (tertiary/aromatic N) is 1. The molecule has 0 aliphatic carbocycles. The largest absolute Gasteiger partial charge is 0.323 e. The predicted molar refractivity (Wildman–Crippen MR) is 83.4 cm³/mol. The SMILES string of the molecule is Cc1nc(Cl)ccc1CNCc1ccc2[nH]c(=O)[nH]c2c1. The van der Waals surface area contributed by atoms with Crippen LogP contribution in [0.2, 0.25) is 5.15 Å². The molecule has 3 rings (SSSR count). The number of imidazole rings is 1. The van der Waals surface area contributed by atoms with Crippen LogP contribution in [0, 0.1) is 6.92 Å². The zero-order chi connectivity index (χ0) is 14.8. The van der Waals surface area contributed by atoms with E-state index >= 15 is 0 Å². The summed E-state index contributed by atoms with van der Waals surface area (Å²) in [7, 11) is 0. The molecule has 0 aliphatic rings. The van der Waals surface area contributed by atoms with Gasteiger partial charge in [-0.2, -0.15) is 0 Å². The summed E-state index contributed by atoms with van der Waals surface area (Å²) >= 11 is 5.84. The summed E-state index contributed by atoms with van der Waals surface area (Å²) in [5, 5.41) is 3.88. The van der Waals surface area contributed by atoms with Crippen LogP contribution in [0.15, 0.2) is 35.1 Å². The third kappa shape index (κ3) is 3.15. The molecule has 0 bridgehead atoms. The van der Waals surface area contributed by atoms with Crippen molar-refractivity contribution in [2.24, 2.45) is 0 Å². The van der Waals surface area contributed by atoms with Crippen LogP contribution in [-0.4, -0.2) is 15.0 Å². The molecule has 108 valence electrons. The molecule has 0 radical (unpaired) electrons. The van der Waals surface area contributed by atoms with E-state index < -0.39 is 0 Å². The molecule has 3 aromatic rings. The van der Waals surface area contributed by atoms with Gasteiger partial charge >= 0.3 is 5.69 Å². The van der Waals surface area contributed by atoms with Crippen molar-refractivity contribution in [2.75, 3.05) is 0 Å². The minimum absolute atomic E-state index is 0.182. The standard InChI is InChI=1S/C15H15ClN4O/c1-9-11(3-5-14(16)18-9)8-17-7-10-2-4-12-13(6-10)20-15(21)19-12/h2-6,17H,7-8H2,1H3,(H2,19,20,21). The molecule has 6 heteroatoms. The molecule has 21 heavy (non-hydrogen) atoms. The lowest BCUT2D eigenvalue weighted by Crippen LogP contribution is -2.13. The van der Waals surface area contributed by atoms with Crippen molar-refractivity contribution >= 4 is 22.6 Å². The number of pyridine rings is 1. The molecule has 2 heterocycles. The number of H-pyrrole nitrogens is 2. The maximum absolute atomic E-state index is 11.2. The van der Waals surface area contributed by atoms with E-state index in [4.69, 9.17) is 11.6 Å². The number of halogens is 1. The average molecular weight is 303 g/mol. The third-order valence-electron chi connectivity index (χ3n) is 3.39. The van der Waals surface area contributed by atoms with Crippen LogP contribution < -0.4 is 11.0 Å². The highest BCUT2D eigenvalue weighted by Crippen LogP contribution is 2.12. The number of fused-ring (bicyclic) bond motifs is 1. The normalized spacial score (nSPS) is 11.1. The van der Waals surface area contributed by atoms with Gasteiger partial charge in [-0.05, 0) is 36.2 Å². The first-order valence-corrected chi connectivity index (χ1v) is 7.03. The highest BCUT2D eigenvalue weighted by molar-refractivity contribution is 6.29. The van der Waals surface area contributed by atoms with Crippen LogP contribution in [-0.2, 0) is 13.1 Å². The van der Waals surface area contributed by atoms with Crippen LogP contribution in [0.5, 0.6) is 0 Å². The minimum Gasteiger partial charge on any atom is -0.309 e. The van der Waals surface area contributed by atoms with Crippen molar-refractivity contribution < 1.29 is 0 Å². The summed E-state index contributed by atoms with van der Waals surface area (Å²) in [6.07, 6.45) is 0. The van der Waals surface area contributed by atoms with Crippen molar-refractivity contribution in [2.45, 2.75) is 20.0 Å². The summed E-state index contributed by atoms with van der Waals surface area (Å²) in [5.74, 6) is 0. The van der Waals surface area contributed by atoms with E-state index in [0.29, 0.717) is 11.7 Å². The molecule has 1 aromatic carbocycles. The predicted octanol–water partition coefficient (Wildman–Crippen LogP) is 2.50. The lowest BCUT2D eigenvalue weighted by Gasteiger charge is -2.07. The van der Waals surface area contributed by atoms with Crippen LogP contribution in [0.4, 0.5) is 0 Å². The fourth-order valence-corrected chi connectivity index (χ4v) is 2.47. The van der Waals surface area contributed by atoms with Crippen molar-refractivity contribution in [3.05, 3.63) is 62.8 Å². The Morgan fingerprint density at radius 1 is 1.14 bits per heavy atom. The van der Waals surface area contributed by atoms with Gasteiger partial charge in [-0.15, -0.1) is 0 Å². The Bertz CT molecular complexity index is 837. The van der Waals surface area contributed by atoms with Gasteiger partial charge in [0.25, 0.3) is 0 Å². The van der Waals surface area contributed by atoms with Crippen molar-refractivity contribution in [1.29, 1.82) is 0 Å². The van der Waals surface area contributed by atoms with E-state index in [9.17, 15) is 4.79 Å². The van der Waals surface area contributed by atoms with Crippen LogP contribution >= 0.6 is 11.6 Å². The Hall–Kier alpha value is -2.11. The number of rotatable bonds is 4. The number of aromatic amines is 2. The van der Waals surface area contributed by atoms with E-state index in [2.05, 4.69) is 20.3 Å². The van der Waals surface area contributed by atoms with Crippen molar-refractivity contribution in [1.82, 2.24) is 20.3 Å². The smallest absolute Gasteiger partial charge is 0.309 e. The third-order valence-corrected chi connectivity index (χ3v) is 3.60. The number of nitrogens with one attached hydrogen (secondary N) is 3. The van der Waals surface area contributed by atoms with Crippen LogP contribution in [0.25, 0.3) is 11.0 Å². The fourth-order valence-electron chi connectivity index (χ4n) is 2.28. The average Bonchev–Trinajstić information content (AvgIpc) is 2.80. The van der Waals surface area contributed by atoms with Crippen LogP contribution in [0.1, 0.15) is 16.8 Å². The quantitative estimate of drug-likeness (QED) is 0.648. The Kier molecular flexibility index (Phi) is 3.77. The molecular weight excluding hydrogens is 288 g/mol. The molecule has 0 unspecified atom stereocenters. The highest BCUT2D eigenvalue weighted by atomic mass is 35.5. The van der Waals surface area contributed by atoms with E-state index in [1.807, 2.05) is 31.2 Å². The molecule has 2 aromatic heterocycles. The van der Waals surface area contributed by atoms with Gasteiger partial charge in [0.2, 0.25) is 0 Å². The van der Waals surface area contributed by atoms with E-state index in [1.165, 1.54) is 0 Å². The summed E-state index contributed by atoms with van der Waals surface area (Å²) < 4.78 is 0. The summed E-state index contributed by atoms with van der Waals surface area (Å²) in [5.41, 5.74) is 4.62. The van der Waals surface area contributed by atoms with Gasteiger partial charge < -0.3 is 15.3 Å². The molecular formula is C15H15ClN4O. The number of benzene rings is 1. The minimum atomic E-state index is -0.182. The zero-order valence-corrected chi connectivity index (χ0v) is 12.3. The van der Waals surface area contributed by atoms with E-state index in [0.717, 1.165) is 34.4 Å². The summed E-state index contributed by atoms with van der Waals surface area (Å²) in [6.45, 7) is 3.38. The molecule has 0 saturated carbocycles. The monoisotopic (exact) mass is 302 g/mol. The number of aromatic nitrogens is 3. The zero-order valence-electron chi connectivity index (χ0n) is 11.5. The molecule has 5 nitrogen and oxygen atoms in total. The van der Waals surface area contributed by atoms with Gasteiger partial charge in [0.15, 0.2) is 0 Å². The first kappa shape index (κ1) is 13.9. The molecule has 3 N–H and O–H groups in total. The second kappa shape index (κ2) is 5.71. The Balaban J connectivity index is 1.67. The maximum atomic E-state index is 11.2. The van der Waals surface area contributed by atoms with E-state index in [1.54, 1.807) is 6.07 Å². The molecule has 0 aliphatic heterocycles. The van der Waals surface area contributed by atoms with Gasteiger partial charge in [0.1, 0.15) is 5.15 Å². The molecule has 0 spiro atoms. The first-order chi connectivity index (χ1) is 10.1. The second-order valence-corrected chi connectivity index (χ2v) is 5.33. The molecule has 0 atom stereocenters. The van der Waals surface area contributed by atoms with Crippen molar-refractivity contribution in [3.63, 3.8) is 0 Å². The summed E-state index contributed by atoms with van der Waals surface area (Å²) in [4.78, 5) is 20.9. The van der Waals surface area contributed by atoms with Gasteiger partial charge in [0, 0.05) is 18.8 Å². The lowest BCUT2D eigenvalue weighted by molar-refractivity contribution is 0.688. The highest BCUT2D eigenvalue weighted by Gasteiger charge is 2.02. The van der Waals surface area contributed by atoms with Gasteiger partial charge in [0.05, 0.1) is 11.0 Å². The van der Waals surface area contributed by atoms with Crippen molar-refractivity contribution in [3.8, 4) is 0 Å². The Morgan fingerprint density at radius 2 is 1.95 bits per heavy atom. The Morgan fingerprint density at radius 3 is 2.76 bits per heavy atom.